The number of rotatable bonds is 7. The Kier molecular flexibility index (Phi) is 6.24. The zero-order valence-electron chi connectivity index (χ0n) is 18.4. The van der Waals surface area contributed by atoms with E-state index in [1.807, 2.05) is 43.3 Å². The third-order valence-corrected chi connectivity index (χ3v) is 7.70. The average molecular weight is 464 g/mol. The molecule has 3 aromatic rings. The largest absolute Gasteiger partial charge is 0.502 e. The van der Waals surface area contributed by atoms with Gasteiger partial charge in [-0.25, -0.2) is 8.42 Å². The Balaban J connectivity index is 1.82. The third-order valence-electron chi connectivity index (χ3n) is 5.82. The summed E-state index contributed by atoms with van der Waals surface area (Å²) in [6.07, 6.45) is 0.829. The maximum Gasteiger partial charge on any atom is 0.290 e. The predicted octanol–water partition coefficient (Wildman–Crippen LogP) is 4.58. The van der Waals surface area contributed by atoms with Gasteiger partial charge in [-0.15, -0.1) is 0 Å². The number of aryl methyl sites for hydroxylation is 1. The first-order chi connectivity index (χ1) is 15.9. The van der Waals surface area contributed by atoms with Crippen LogP contribution in [-0.2, 0) is 27.6 Å². The molecule has 1 aliphatic heterocycles. The number of hydrogen-bond acceptors (Lipinski definition) is 5. The van der Waals surface area contributed by atoms with E-state index >= 15 is 0 Å². The quantitative estimate of drug-likeness (QED) is 0.554. The van der Waals surface area contributed by atoms with Crippen LogP contribution in [0.5, 0.6) is 5.75 Å². The summed E-state index contributed by atoms with van der Waals surface area (Å²) in [4.78, 5) is 14.3. The van der Waals surface area contributed by atoms with Crippen LogP contribution in [0.4, 0.5) is 0 Å². The van der Waals surface area contributed by atoms with Crippen LogP contribution in [0.25, 0.3) is 0 Å². The van der Waals surface area contributed by atoms with Gasteiger partial charge in [-0.1, -0.05) is 61.5 Å². The first-order valence-electron chi connectivity index (χ1n) is 10.6. The molecule has 0 spiro atoms. The molecule has 0 radical (unpaired) electrons. The number of benzene rings is 3. The SMILES string of the molecule is CCc1ccc(C2C(S(=O)(=O)c3ccccc3)=C(O)C(=O)N2Cc2ccc(OC)cc2)cc1. The van der Waals surface area contributed by atoms with Crippen molar-refractivity contribution >= 4 is 15.7 Å². The summed E-state index contributed by atoms with van der Waals surface area (Å²) in [6.45, 7) is 2.15. The van der Waals surface area contributed by atoms with Crippen LogP contribution in [0.2, 0.25) is 0 Å². The van der Waals surface area contributed by atoms with Crippen molar-refractivity contribution in [3.05, 3.63) is 106 Å². The normalized spacial score (nSPS) is 16.4. The smallest absolute Gasteiger partial charge is 0.290 e. The van der Waals surface area contributed by atoms with E-state index in [2.05, 4.69) is 0 Å². The van der Waals surface area contributed by atoms with E-state index in [1.54, 1.807) is 37.4 Å². The molecule has 0 fully saturated rings. The van der Waals surface area contributed by atoms with Crippen LogP contribution < -0.4 is 4.74 Å². The van der Waals surface area contributed by atoms with Crippen molar-refractivity contribution in [1.82, 2.24) is 4.90 Å². The Bertz CT molecular complexity index is 1280. The molecule has 1 amide bonds. The molecule has 1 unspecified atom stereocenters. The van der Waals surface area contributed by atoms with Crippen molar-refractivity contribution in [3.63, 3.8) is 0 Å². The number of aliphatic hydroxyl groups excluding tert-OH is 1. The number of sulfone groups is 1. The van der Waals surface area contributed by atoms with Crippen LogP contribution in [-0.4, -0.2) is 31.4 Å². The van der Waals surface area contributed by atoms with Crippen LogP contribution in [0.15, 0.2) is 94.4 Å². The Labute approximate surface area is 193 Å². The predicted molar refractivity (Wildman–Crippen MR) is 125 cm³/mol. The van der Waals surface area contributed by atoms with Gasteiger partial charge in [-0.3, -0.25) is 4.79 Å². The number of carbonyl (C=O) groups excluding carboxylic acids is 1. The molecule has 33 heavy (non-hydrogen) atoms. The third kappa shape index (κ3) is 4.24. The molecule has 1 heterocycles. The van der Waals surface area contributed by atoms with Gasteiger partial charge in [-0.05, 0) is 47.4 Å². The molecule has 0 aliphatic carbocycles. The number of aliphatic hydroxyl groups is 1. The van der Waals surface area contributed by atoms with E-state index < -0.39 is 27.5 Å². The number of methoxy groups -OCH3 is 1. The molecule has 6 nitrogen and oxygen atoms in total. The van der Waals surface area contributed by atoms with Crippen LogP contribution >= 0.6 is 0 Å². The molecule has 3 aromatic carbocycles. The molecular formula is C26H25NO5S. The minimum Gasteiger partial charge on any atom is -0.502 e. The number of hydrogen-bond donors (Lipinski definition) is 1. The number of carbonyl (C=O) groups is 1. The first-order valence-corrected chi connectivity index (χ1v) is 12.1. The Hall–Kier alpha value is -3.58. The zero-order chi connectivity index (χ0) is 23.6. The van der Waals surface area contributed by atoms with Crippen molar-refractivity contribution in [3.8, 4) is 5.75 Å². The highest BCUT2D eigenvalue weighted by atomic mass is 32.2. The standard InChI is InChI=1S/C26H25NO5S/c1-3-18-9-13-20(14-10-18)23-25(33(30,31)22-7-5-4-6-8-22)24(28)26(29)27(23)17-19-11-15-21(32-2)16-12-19/h4-16,23,28H,3,17H2,1-2H3. The lowest BCUT2D eigenvalue weighted by molar-refractivity contribution is -0.130. The van der Waals surface area contributed by atoms with Gasteiger partial charge in [0.2, 0.25) is 9.84 Å². The van der Waals surface area contributed by atoms with E-state index in [9.17, 15) is 18.3 Å². The fourth-order valence-corrected chi connectivity index (χ4v) is 5.66. The van der Waals surface area contributed by atoms with Gasteiger partial charge in [0.15, 0.2) is 5.76 Å². The fraction of sp³-hybridized carbons (Fsp3) is 0.192. The fourth-order valence-electron chi connectivity index (χ4n) is 3.99. The van der Waals surface area contributed by atoms with Gasteiger partial charge >= 0.3 is 0 Å². The number of nitrogens with zero attached hydrogens (tertiary/aromatic N) is 1. The molecule has 0 saturated heterocycles. The van der Waals surface area contributed by atoms with Crippen LogP contribution in [0.1, 0.15) is 29.7 Å². The summed E-state index contributed by atoms with van der Waals surface area (Å²) < 4.78 is 32.3. The van der Waals surface area contributed by atoms with Crippen LogP contribution in [0.3, 0.4) is 0 Å². The first kappa shape index (κ1) is 22.6. The van der Waals surface area contributed by atoms with Crippen molar-refractivity contribution in [1.29, 1.82) is 0 Å². The number of ether oxygens (including phenoxy) is 1. The minimum absolute atomic E-state index is 0.0285. The monoisotopic (exact) mass is 463 g/mol. The second-order valence-electron chi connectivity index (χ2n) is 7.81. The van der Waals surface area contributed by atoms with E-state index in [0.29, 0.717) is 11.3 Å². The lowest BCUT2D eigenvalue weighted by Crippen LogP contribution is -2.30. The molecular weight excluding hydrogens is 438 g/mol. The Morgan fingerprint density at radius 2 is 1.52 bits per heavy atom. The van der Waals surface area contributed by atoms with Crippen LogP contribution in [0, 0.1) is 0 Å². The molecule has 0 saturated carbocycles. The summed E-state index contributed by atoms with van der Waals surface area (Å²) in [5, 5.41) is 10.8. The highest BCUT2D eigenvalue weighted by Gasteiger charge is 2.46. The summed E-state index contributed by atoms with van der Waals surface area (Å²) >= 11 is 0. The van der Waals surface area contributed by atoms with Crippen molar-refractivity contribution in [2.24, 2.45) is 0 Å². The molecule has 1 aliphatic rings. The van der Waals surface area contributed by atoms with Gasteiger partial charge in [0, 0.05) is 6.54 Å². The zero-order valence-corrected chi connectivity index (χ0v) is 19.2. The van der Waals surface area contributed by atoms with Crippen molar-refractivity contribution < 1.29 is 23.1 Å². The lowest BCUT2D eigenvalue weighted by Gasteiger charge is -2.27. The molecule has 1 N–H and O–H groups in total. The summed E-state index contributed by atoms with van der Waals surface area (Å²) in [7, 11) is -2.56. The molecule has 170 valence electrons. The highest BCUT2D eigenvalue weighted by Crippen LogP contribution is 2.43. The van der Waals surface area contributed by atoms with E-state index in [0.717, 1.165) is 17.5 Å². The molecule has 0 bridgehead atoms. The molecule has 0 aromatic heterocycles. The summed E-state index contributed by atoms with van der Waals surface area (Å²) in [5.74, 6) is -0.784. The average Bonchev–Trinajstić information content (AvgIpc) is 3.10. The van der Waals surface area contributed by atoms with Gasteiger partial charge in [0.25, 0.3) is 5.91 Å². The van der Waals surface area contributed by atoms with Crippen molar-refractivity contribution in [2.75, 3.05) is 7.11 Å². The maximum atomic E-state index is 13.6. The lowest BCUT2D eigenvalue weighted by atomic mass is 10.0. The van der Waals surface area contributed by atoms with E-state index in [1.165, 1.54) is 17.0 Å². The topological polar surface area (TPSA) is 83.9 Å². The van der Waals surface area contributed by atoms with Gasteiger partial charge in [0.1, 0.15) is 10.7 Å². The van der Waals surface area contributed by atoms with Crippen molar-refractivity contribution in [2.45, 2.75) is 30.8 Å². The Morgan fingerprint density at radius 3 is 2.09 bits per heavy atom. The molecule has 1 atom stereocenters. The second-order valence-corrected chi connectivity index (χ2v) is 9.73. The minimum atomic E-state index is -4.12. The van der Waals surface area contributed by atoms with Gasteiger partial charge in [0.05, 0.1) is 18.0 Å². The molecule has 7 heteroatoms. The summed E-state index contributed by atoms with van der Waals surface area (Å²) in [5.41, 5.74) is 2.49. The van der Waals surface area contributed by atoms with Gasteiger partial charge < -0.3 is 14.7 Å². The maximum absolute atomic E-state index is 13.6. The van der Waals surface area contributed by atoms with E-state index in [4.69, 9.17) is 4.74 Å². The van der Waals surface area contributed by atoms with E-state index in [-0.39, 0.29) is 16.3 Å². The second kappa shape index (κ2) is 9.11. The Morgan fingerprint density at radius 1 is 0.909 bits per heavy atom. The summed E-state index contributed by atoms with van der Waals surface area (Å²) in [6, 6.07) is 21.5. The van der Waals surface area contributed by atoms with Gasteiger partial charge in [-0.2, -0.15) is 0 Å². The number of amides is 1. The highest BCUT2D eigenvalue weighted by molar-refractivity contribution is 7.95. The molecule has 4 rings (SSSR count).